The standard InChI is InChI=1S/C15H15N3O3/c1-10-5-3-6-11(9-10)17-15(19)12-7-4-8-13(16-2)14(12)18(20)21/h3-9,16H,1-2H3,(H,17,19). The Bertz CT molecular complexity index is 698. The molecular weight excluding hydrogens is 270 g/mol. The number of hydrogen-bond acceptors (Lipinski definition) is 4. The van der Waals surface area contributed by atoms with E-state index in [1.807, 2.05) is 19.1 Å². The molecule has 1 amide bonds. The first kappa shape index (κ1) is 14.5. The van der Waals surface area contributed by atoms with Gasteiger partial charge in [0, 0.05) is 12.7 Å². The average Bonchev–Trinajstić information content (AvgIpc) is 2.46. The number of nitrogens with zero attached hydrogens (tertiary/aromatic N) is 1. The van der Waals surface area contributed by atoms with Crippen LogP contribution in [0.15, 0.2) is 42.5 Å². The van der Waals surface area contributed by atoms with Gasteiger partial charge in [-0.15, -0.1) is 0 Å². The highest BCUT2D eigenvalue weighted by molar-refractivity contribution is 6.08. The number of amides is 1. The van der Waals surface area contributed by atoms with E-state index < -0.39 is 10.8 Å². The molecule has 0 spiro atoms. The molecule has 0 bridgehead atoms. The summed E-state index contributed by atoms with van der Waals surface area (Å²) in [5.74, 6) is -0.510. The van der Waals surface area contributed by atoms with Crippen molar-refractivity contribution in [2.24, 2.45) is 0 Å². The van der Waals surface area contributed by atoms with E-state index in [4.69, 9.17) is 0 Å². The predicted molar refractivity (Wildman–Crippen MR) is 81.8 cm³/mol. The number of hydrogen-bond donors (Lipinski definition) is 2. The summed E-state index contributed by atoms with van der Waals surface area (Å²) in [6, 6.07) is 11.8. The second-order valence-electron chi connectivity index (χ2n) is 4.53. The Labute approximate surface area is 121 Å². The molecule has 2 aromatic carbocycles. The fourth-order valence-corrected chi connectivity index (χ4v) is 2.05. The van der Waals surface area contributed by atoms with Crippen molar-refractivity contribution in [1.82, 2.24) is 0 Å². The van der Waals surface area contributed by atoms with Gasteiger partial charge in [0.15, 0.2) is 0 Å². The zero-order valence-corrected chi connectivity index (χ0v) is 11.7. The zero-order chi connectivity index (χ0) is 15.4. The minimum Gasteiger partial charge on any atom is -0.383 e. The van der Waals surface area contributed by atoms with Crippen molar-refractivity contribution in [2.75, 3.05) is 17.7 Å². The van der Waals surface area contributed by atoms with E-state index in [0.717, 1.165) is 5.56 Å². The topological polar surface area (TPSA) is 84.3 Å². The summed E-state index contributed by atoms with van der Waals surface area (Å²) in [6.07, 6.45) is 0. The SMILES string of the molecule is CNc1cccc(C(=O)Nc2cccc(C)c2)c1[N+](=O)[O-]. The lowest BCUT2D eigenvalue weighted by atomic mass is 10.1. The molecule has 0 unspecified atom stereocenters. The predicted octanol–water partition coefficient (Wildman–Crippen LogP) is 3.20. The van der Waals surface area contributed by atoms with Crippen molar-refractivity contribution in [1.29, 1.82) is 0 Å². The van der Waals surface area contributed by atoms with Crippen LogP contribution < -0.4 is 10.6 Å². The first-order chi connectivity index (χ1) is 10.0. The Morgan fingerprint density at radius 2 is 1.90 bits per heavy atom. The average molecular weight is 285 g/mol. The minimum atomic E-state index is -0.559. The second-order valence-corrected chi connectivity index (χ2v) is 4.53. The molecule has 0 heterocycles. The second kappa shape index (κ2) is 6.04. The summed E-state index contributed by atoms with van der Waals surface area (Å²) in [5.41, 5.74) is 1.69. The lowest BCUT2D eigenvalue weighted by molar-refractivity contribution is -0.384. The summed E-state index contributed by atoms with van der Waals surface area (Å²) < 4.78 is 0. The van der Waals surface area contributed by atoms with Crippen LogP contribution in [0.1, 0.15) is 15.9 Å². The lowest BCUT2D eigenvalue weighted by Gasteiger charge is -2.09. The Balaban J connectivity index is 2.37. The first-order valence-corrected chi connectivity index (χ1v) is 6.36. The highest BCUT2D eigenvalue weighted by Gasteiger charge is 2.23. The maximum absolute atomic E-state index is 12.3. The van der Waals surface area contributed by atoms with Crippen LogP contribution in [0, 0.1) is 17.0 Å². The Morgan fingerprint density at radius 1 is 1.19 bits per heavy atom. The highest BCUT2D eigenvalue weighted by atomic mass is 16.6. The molecule has 2 rings (SSSR count). The molecule has 2 N–H and O–H groups in total. The van der Waals surface area contributed by atoms with Gasteiger partial charge in [-0.25, -0.2) is 0 Å². The van der Waals surface area contributed by atoms with Gasteiger partial charge in [-0.1, -0.05) is 18.2 Å². The molecule has 2 aromatic rings. The summed E-state index contributed by atoms with van der Waals surface area (Å²) in [7, 11) is 1.57. The fourth-order valence-electron chi connectivity index (χ4n) is 2.05. The van der Waals surface area contributed by atoms with E-state index in [-0.39, 0.29) is 11.3 Å². The van der Waals surface area contributed by atoms with E-state index >= 15 is 0 Å². The zero-order valence-electron chi connectivity index (χ0n) is 11.7. The molecule has 0 radical (unpaired) electrons. The number of aryl methyl sites for hydroxylation is 1. The van der Waals surface area contributed by atoms with Gasteiger partial charge in [0.2, 0.25) is 0 Å². The summed E-state index contributed by atoms with van der Waals surface area (Å²) >= 11 is 0. The number of nitro groups is 1. The molecule has 0 fully saturated rings. The van der Waals surface area contributed by atoms with Crippen LogP contribution in [-0.2, 0) is 0 Å². The maximum atomic E-state index is 12.3. The van der Waals surface area contributed by atoms with Gasteiger partial charge in [0.05, 0.1) is 4.92 Å². The highest BCUT2D eigenvalue weighted by Crippen LogP contribution is 2.28. The molecule has 6 heteroatoms. The molecule has 0 saturated carbocycles. The van der Waals surface area contributed by atoms with E-state index in [9.17, 15) is 14.9 Å². The fraction of sp³-hybridized carbons (Fsp3) is 0.133. The van der Waals surface area contributed by atoms with Crippen LogP contribution in [0.3, 0.4) is 0 Å². The van der Waals surface area contributed by atoms with Gasteiger partial charge < -0.3 is 10.6 Å². The van der Waals surface area contributed by atoms with Crippen molar-refractivity contribution >= 4 is 23.0 Å². The van der Waals surface area contributed by atoms with Gasteiger partial charge in [-0.2, -0.15) is 0 Å². The number of carbonyl (C=O) groups is 1. The number of rotatable bonds is 4. The monoisotopic (exact) mass is 285 g/mol. The molecule has 0 aliphatic heterocycles. The van der Waals surface area contributed by atoms with Crippen molar-refractivity contribution in [3.63, 3.8) is 0 Å². The molecule has 21 heavy (non-hydrogen) atoms. The third-order valence-electron chi connectivity index (χ3n) is 3.01. The van der Waals surface area contributed by atoms with Crippen LogP contribution in [0.5, 0.6) is 0 Å². The van der Waals surface area contributed by atoms with Gasteiger partial charge in [0.25, 0.3) is 5.91 Å². The third-order valence-corrected chi connectivity index (χ3v) is 3.01. The van der Waals surface area contributed by atoms with Gasteiger partial charge in [-0.05, 0) is 36.8 Å². The Morgan fingerprint density at radius 3 is 2.52 bits per heavy atom. The summed E-state index contributed by atoms with van der Waals surface area (Å²) in [6.45, 7) is 1.90. The molecule has 108 valence electrons. The van der Waals surface area contributed by atoms with Crippen molar-refractivity contribution < 1.29 is 9.72 Å². The van der Waals surface area contributed by atoms with Gasteiger partial charge >= 0.3 is 5.69 Å². The number of nitro benzene ring substituents is 1. The number of carbonyl (C=O) groups excluding carboxylic acids is 1. The van der Waals surface area contributed by atoms with Crippen molar-refractivity contribution in [2.45, 2.75) is 6.92 Å². The maximum Gasteiger partial charge on any atom is 0.305 e. The molecule has 6 nitrogen and oxygen atoms in total. The summed E-state index contributed by atoms with van der Waals surface area (Å²) in [4.78, 5) is 22.9. The number of anilines is 2. The van der Waals surface area contributed by atoms with Crippen LogP contribution in [0.25, 0.3) is 0 Å². The van der Waals surface area contributed by atoms with Crippen molar-refractivity contribution in [3.05, 3.63) is 63.7 Å². The third kappa shape index (κ3) is 3.17. The summed E-state index contributed by atoms with van der Waals surface area (Å²) in [5, 5.41) is 16.6. The van der Waals surface area contributed by atoms with E-state index in [1.54, 1.807) is 31.3 Å². The first-order valence-electron chi connectivity index (χ1n) is 6.36. The molecule has 0 aliphatic carbocycles. The van der Waals surface area contributed by atoms with Crippen LogP contribution in [0.2, 0.25) is 0 Å². The molecule has 0 aromatic heterocycles. The Hall–Kier alpha value is -2.89. The normalized spacial score (nSPS) is 10.0. The number of nitrogens with one attached hydrogen (secondary N) is 2. The molecule has 0 aliphatic rings. The smallest absolute Gasteiger partial charge is 0.305 e. The molecule has 0 saturated heterocycles. The number of benzene rings is 2. The van der Waals surface area contributed by atoms with E-state index in [0.29, 0.717) is 11.4 Å². The quantitative estimate of drug-likeness (QED) is 0.667. The minimum absolute atomic E-state index is 0.0216. The van der Waals surface area contributed by atoms with Crippen molar-refractivity contribution in [3.8, 4) is 0 Å². The van der Waals surface area contributed by atoms with Gasteiger partial charge in [-0.3, -0.25) is 14.9 Å². The van der Waals surface area contributed by atoms with Crippen LogP contribution in [-0.4, -0.2) is 17.9 Å². The molecular formula is C15H15N3O3. The number of para-hydroxylation sites is 1. The Kier molecular flexibility index (Phi) is 4.18. The van der Waals surface area contributed by atoms with E-state index in [1.165, 1.54) is 6.07 Å². The largest absolute Gasteiger partial charge is 0.383 e. The lowest BCUT2D eigenvalue weighted by Crippen LogP contribution is -2.14. The van der Waals surface area contributed by atoms with Gasteiger partial charge in [0.1, 0.15) is 11.3 Å². The van der Waals surface area contributed by atoms with Crippen LogP contribution in [0.4, 0.5) is 17.1 Å². The molecule has 0 atom stereocenters. The van der Waals surface area contributed by atoms with E-state index in [2.05, 4.69) is 10.6 Å². The van der Waals surface area contributed by atoms with Crippen LogP contribution >= 0.6 is 0 Å².